The van der Waals surface area contributed by atoms with E-state index in [0.717, 1.165) is 25.3 Å². The second-order valence-corrected chi connectivity index (χ2v) is 5.77. The molecule has 1 saturated heterocycles. The summed E-state index contributed by atoms with van der Waals surface area (Å²) in [6.07, 6.45) is 0.978. The topological polar surface area (TPSA) is 84.4 Å². The Morgan fingerprint density at radius 2 is 2.17 bits per heavy atom. The summed E-state index contributed by atoms with van der Waals surface area (Å²) < 4.78 is 16.6. The van der Waals surface area contributed by atoms with Gasteiger partial charge < -0.3 is 14.0 Å². The highest BCUT2D eigenvalue weighted by Gasteiger charge is 2.36. The van der Waals surface area contributed by atoms with E-state index < -0.39 is 0 Å². The summed E-state index contributed by atoms with van der Waals surface area (Å²) in [7, 11) is 1.72. The molecule has 0 spiro atoms. The van der Waals surface area contributed by atoms with Crippen LogP contribution >= 0.6 is 0 Å². The Morgan fingerprint density at radius 3 is 2.79 bits per heavy atom. The molecule has 126 valence electrons. The molecule has 0 unspecified atom stereocenters. The van der Waals surface area contributed by atoms with E-state index >= 15 is 0 Å². The monoisotopic (exact) mass is 328 g/mol. The number of likely N-dealkylation sites (tertiary alicyclic amines) is 1. The van der Waals surface area contributed by atoms with Crippen molar-refractivity contribution in [2.75, 3.05) is 26.8 Å². The zero-order chi connectivity index (χ0) is 16.9. The van der Waals surface area contributed by atoms with Gasteiger partial charge in [0.15, 0.2) is 5.82 Å². The summed E-state index contributed by atoms with van der Waals surface area (Å²) >= 11 is 0. The average Bonchev–Trinajstić information content (AvgIpc) is 3.21. The molecular formula is C17H20N4O3. The van der Waals surface area contributed by atoms with Crippen LogP contribution in [0.4, 0.5) is 0 Å². The number of hydrogen-bond donors (Lipinski definition) is 0. The molecular weight excluding hydrogens is 308 g/mol. The normalized spacial score (nSPS) is 20.9. The molecule has 24 heavy (non-hydrogen) atoms. The van der Waals surface area contributed by atoms with Crippen molar-refractivity contribution in [1.82, 2.24) is 15.0 Å². The van der Waals surface area contributed by atoms with Crippen molar-refractivity contribution in [2.24, 2.45) is 0 Å². The fourth-order valence-electron chi connectivity index (χ4n) is 2.89. The maximum atomic E-state index is 8.81. The van der Waals surface area contributed by atoms with Crippen molar-refractivity contribution in [2.45, 2.75) is 25.5 Å². The van der Waals surface area contributed by atoms with Crippen molar-refractivity contribution in [3.63, 3.8) is 0 Å². The SMILES string of the molecule is CO[C@@H]1C[C@H](c2nc(C)no2)N(CCOc2ccc(C#N)cc2)C1. The first-order valence-corrected chi connectivity index (χ1v) is 7.89. The van der Waals surface area contributed by atoms with E-state index in [1.807, 2.05) is 6.92 Å². The Morgan fingerprint density at radius 1 is 1.38 bits per heavy atom. The van der Waals surface area contributed by atoms with Crippen LogP contribution in [0.5, 0.6) is 5.75 Å². The van der Waals surface area contributed by atoms with Crippen molar-refractivity contribution in [3.8, 4) is 11.8 Å². The summed E-state index contributed by atoms with van der Waals surface area (Å²) in [6, 6.07) is 9.25. The van der Waals surface area contributed by atoms with E-state index in [1.165, 1.54) is 0 Å². The van der Waals surface area contributed by atoms with Gasteiger partial charge in [0, 0.05) is 20.2 Å². The predicted octanol–water partition coefficient (Wildman–Crippen LogP) is 2.09. The van der Waals surface area contributed by atoms with Crippen LogP contribution in [-0.4, -0.2) is 48.0 Å². The minimum absolute atomic E-state index is 0.0562. The highest BCUT2D eigenvalue weighted by atomic mass is 16.5. The lowest BCUT2D eigenvalue weighted by Gasteiger charge is -2.21. The lowest BCUT2D eigenvalue weighted by Crippen LogP contribution is -2.29. The van der Waals surface area contributed by atoms with Crippen LogP contribution in [-0.2, 0) is 4.74 Å². The second kappa shape index (κ2) is 7.43. The van der Waals surface area contributed by atoms with Gasteiger partial charge in [-0.2, -0.15) is 10.2 Å². The molecule has 7 heteroatoms. The highest BCUT2D eigenvalue weighted by Crippen LogP contribution is 2.32. The molecule has 1 aromatic carbocycles. The number of aryl methyl sites for hydroxylation is 1. The van der Waals surface area contributed by atoms with E-state index in [0.29, 0.717) is 23.9 Å². The zero-order valence-electron chi connectivity index (χ0n) is 13.8. The van der Waals surface area contributed by atoms with Gasteiger partial charge in [-0.05, 0) is 37.6 Å². The first-order chi connectivity index (χ1) is 11.7. The summed E-state index contributed by atoms with van der Waals surface area (Å²) in [6.45, 7) is 3.88. The summed E-state index contributed by atoms with van der Waals surface area (Å²) in [5, 5.41) is 12.7. The van der Waals surface area contributed by atoms with E-state index in [4.69, 9.17) is 19.3 Å². The Kier molecular flexibility index (Phi) is 5.08. The smallest absolute Gasteiger partial charge is 0.244 e. The van der Waals surface area contributed by atoms with Crippen LogP contribution in [0.2, 0.25) is 0 Å². The van der Waals surface area contributed by atoms with Gasteiger partial charge in [0.1, 0.15) is 12.4 Å². The van der Waals surface area contributed by atoms with E-state index in [-0.39, 0.29) is 12.1 Å². The van der Waals surface area contributed by atoms with E-state index in [2.05, 4.69) is 21.1 Å². The quantitative estimate of drug-likeness (QED) is 0.802. The first kappa shape index (κ1) is 16.4. The van der Waals surface area contributed by atoms with Crippen molar-refractivity contribution < 1.29 is 14.0 Å². The Labute approximate surface area is 140 Å². The molecule has 0 aliphatic carbocycles. The van der Waals surface area contributed by atoms with E-state index in [9.17, 15) is 0 Å². The van der Waals surface area contributed by atoms with Gasteiger partial charge in [-0.1, -0.05) is 5.16 Å². The zero-order valence-corrected chi connectivity index (χ0v) is 13.8. The van der Waals surface area contributed by atoms with Crippen LogP contribution in [0.25, 0.3) is 0 Å². The predicted molar refractivity (Wildman–Crippen MR) is 85.4 cm³/mol. The van der Waals surface area contributed by atoms with Gasteiger partial charge in [0.05, 0.1) is 23.8 Å². The molecule has 1 fully saturated rings. The molecule has 2 heterocycles. The number of ether oxygens (including phenoxy) is 2. The molecule has 1 aromatic heterocycles. The fourth-order valence-corrected chi connectivity index (χ4v) is 2.89. The van der Waals surface area contributed by atoms with Crippen molar-refractivity contribution >= 4 is 0 Å². The molecule has 0 saturated carbocycles. The summed E-state index contributed by atoms with van der Waals surface area (Å²) in [5.74, 6) is 2.02. The molecule has 0 N–H and O–H groups in total. The maximum Gasteiger partial charge on any atom is 0.244 e. The van der Waals surface area contributed by atoms with Gasteiger partial charge in [0.25, 0.3) is 0 Å². The molecule has 2 aromatic rings. The molecule has 7 nitrogen and oxygen atoms in total. The number of aromatic nitrogens is 2. The first-order valence-electron chi connectivity index (χ1n) is 7.89. The van der Waals surface area contributed by atoms with Gasteiger partial charge >= 0.3 is 0 Å². The molecule has 0 radical (unpaired) electrons. The Hall–Kier alpha value is -2.43. The van der Waals surface area contributed by atoms with Crippen molar-refractivity contribution in [1.29, 1.82) is 5.26 Å². The second-order valence-electron chi connectivity index (χ2n) is 5.77. The van der Waals surface area contributed by atoms with Crippen molar-refractivity contribution in [3.05, 3.63) is 41.5 Å². The molecule has 0 amide bonds. The van der Waals surface area contributed by atoms with Gasteiger partial charge in [-0.15, -0.1) is 0 Å². The standard InChI is InChI=1S/C17H20N4O3/c1-12-19-17(24-20-12)16-9-15(22-2)11-21(16)7-8-23-14-5-3-13(10-18)4-6-14/h3-6,15-16H,7-9,11H2,1-2H3/t15-,16-/m1/s1. The number of rotatable bonds is 6. The largest absolute Gasteiger partial charge is 0.492 e. The molecule has 3 rings (SSSR count). The number of nitrogens with zero attached hydrogens (tertiary/aromatic N) is 4. The summed E-state index contributed by atoms with van der Waals surface area (Å²) in [4.78, 5) is 6.59. The number of benzene rings is 1. The number of nitriles is 1. The fraction of sp³-hybridized carbons (Fsp3) is 0.471. The Balaban J connectivity index is 1.58. The van der Waals surface area contributed by atoms with Gasteiger partial charge in [0.2, 0.25) is 5.89 Å². The lowest BCUT2D eigenvalue weighted by molar-refractivity contribution is 0.105. The third-order valence-corrected chi connectivity index (χ3v) is 4.16. The molecule has 0 bridgehead atoms. The molecule has 1 aliphatic heterocycles. The van der Waals surface area contributed by atoms with Crippen LogP contribution in [0.15, 0.2) is 28.8 Å². The van der Waals surface area contributed by atoms with Gasteiger partial charge in [-0.25, -0.2) is 0 Å². The van der Waals surface area contributed by atoms with Crippen LogP contribution in [0, 0.1) is 18.3 Å². The molecule has 2 atom stereocenters. The minimum Gasteiger partial charge on any atom is -0.492 e. The molecule has 1 aliphatic rings. The lowest BCUT2D eigenvalue weighted by atomic mass is 10.2. The van der Waals surface area contributed by atoms with Gasteiger partial charge in [-0.3, -0.25) is 4.90 Å². The minimum atomic E-state index is 0.0562. The van der Waals surface area contributed by atoms with Crippen LogP contribution < -0.4 is 4.74 Å². The van der Waals surface area contributed by atoms with Crippen LogP contribution in [0.1, 0.15) is 29.7 Å². The number of methoxy groups -OCH3 is 1. The highest BCUT2D eigenvalue weighted by molar-refractivity contribution is 5.34. The maximum absolute atomic E-state index is 8.81. The number of hydrogen-bond acceptors (Lipinski definition) is 7. The average molecular weight is 328 g/mol. The Bertz CT molecular complexity index is 707. The van der Waals surface area contributed by atoms with E-state index in [1.54, 1.807) is 31.4 Å². The summed E-state index contributed by atoms with van der Waals surface area (Å²) in [5.41, 5.74) is 0.622. The third-order valence-electron chi connectivity index (χ3n) is 4.16. The third kappa shape index (κ3) is 3.72. The van der Waals surface area contributed by atoms with Crippen LogP contribution in [0.3, 0.4) is 0 Å².